The average molecular weight is 206 g/mol. The van der Waals surface area contributed by atoms with Crippen LogP contribution >= 0.6 is 0 Å². The molecule has 0 bridgehead atoms. The fourth-order valence-corrected chi connectivity index (χ4v) is 1.42. The molecule has 0 heterocycles. The smallest absolute Gasteiger partial charge is 0.225 e. The number of sulfonamides is 1. The zero-order chi connectivity index (χ0) is 10.3. The highest BCUT2D eigenvalue weighted by molar-refractivity contribution is 7.89. The van der Waals surface area contributed by atoms with Crippen molar-refractivity contribution in [1.82, 2.24) is 4.72 Å². The summed E-state index contributed by atoms with van der Waals surface area (Å²) in [6.07, 6.45) is 0.492. The molecule has 2 N–H and O–H groups in total. The Morgan fingerprint density at radius 2 is 2.23 bits per heavy atom. The van der Waals surface area contributed by atoms with Gasteiger partial charge in [-0.2, -0.15) is 5.26 Å². The molecule has 0 aliphatic heterocycles. The molecule has 6 heteroatoms. The minimum absolute atomic E-state index is 0.180. The van der Waals surface area contributed by atoms with Gasteiger partial charge >= 0.3 is 0 Å². The molecule has 1 unspecified atom stereocenters. The number of nitrogens with one attached hydrogen (secondary N) is 1. The van der Waals surface area contributed by atoms with Crippen molar-refractivity contribution in [2.75, 3.05) is 12.3 Å². The highest BCUT2D eigenvalue weighted by Crippen LogP contribution is 1.95. The Morgan fingerprint density at radius 3 is 2.69 bits per heavy atom. The first-order valence-corrected chi connectivity index (χ1v) is 5.69. The van der Waals surface area contributed by atoms with Gasteiger partial charge < -0.3 is 5.11 Å². The summed E-state index contributed by atoms with van der Waals surface area (Å²) in [5, 5.41) is 17.2. The van der Waals surface area contributed by atoms with E-state index in [1.807, 2.05) is 6.92 Å². The third-order valence-electron chi connectivity index (χ3n) is 1.53. The lowest BCUT2D eigenvalue weighted by Gasteiger charge is -2.07. The van der Waals surface area contributed by atoms with E-state index in [9.17, 15) is 8.42 Å². The minimum atomic E-state index is -3.46. The molecule has 0 aromatic rings. The van der Waals surface area contributed by atoms with E-state index in [0.717, 1.165) is 0 Å². The summed E-state index contributed by atoms with van der Waals surface area (Å²) in [6, 6.07) is 1.55. The number of hydrogen-bond donors (Lipinski definition) is 2. The fourth-order valence-electron chi connectivity index (χ4n) is 0.721. The third kappa shape index (κ3) is 6.51. The molecular formula is C7H14N2O3S. The summed E-state index contributed by atoms with van der Waals surface area (Å²) < 4.78 is 24.0. The summed E-state index contributed by atoms with van der Waals surface area (Å²) in [5.74, 6) is -0.533. The van der Waals surface area contributed by atoms with Crippen LogP contribution in [-0.4, -0.2) is 31.9 Å². The normalized spacial score (nSPS) is 13.6. The lowest BCUT2D eigenvalue weighted by atomic mass is 10.2. The van der Waals surface area contributed by atoms with Gasteiger partial charge in [-0.3, -0.25) is 0 Å². The van der Waals surface area contributed by atoms with Crippen LogP contribution < -0.4 is 4.72 Å². The second kappa shape index (κ2) is 5.91. The summed E-state index contributed by atoms with van der Waals surface area (Å²) in [4.78, 5) is 0. The van der Waals surface area contributed by atoms with Crippen molar-refractivity contribution in [1.29, 1.82) is 5.26 Å². The van der Waals surface area contributed by atoms with E-state index in [0.29, 0.717) is 12.8 Å². The van der Waals surface area contributed by atoms with Gasteiger partial charge in [-0.25, -0.2) is 13.1 Å². The van der Waals surface area contributed by atoms with E-state index in [1.165, 1.54) is 0 Å². The lowest BCUT2D eigenvalue weighted by Crippen LogP contribution is -2.28. The monoisotopic (exact) mass is 206 g/mol. The molecule has 0 aromatic heterocycles. The number of nitriles is 1. The summed E-state index contributed by atoms with van der Waals surface area (Å²) in [6.45, 7) is 1.99. The molecular weight excluding hydrogens is 192 g/mol. The second-order valence-electron chi connectivity index (χ2n) is 2.66. The maximum Gasteiger partial charge on any atom is 0.225 e. The van der Waals surface area contributed by atoms with Gasteiger partial charge in [0.2, 0.25) is 10.0 Å². The second-order valence-corrected chi connectivity index (χ2v) is 4.47. The number of hydrogen-bond acceptors (Lipinski definition) is 4. The highest BCUT2D eigenvalue weighted by atomic mass is 32.2. The molecule has 13 heavy (non-hydrogen) atoms. The molecule has 0 aromatic carbocycles. The maximum absolute atomic E-state index is 10.9. The standard InChI is InChI=1S/C7H14N2O3S/c1-2-7(10)3-5-9-13(11,12)6-4-8/h7,9-10H,2-3,5-6H2,1H3. The van der Waals surface area contributed by atoms with Crippen molar-refractivity contribution in [2.24, 2.45) is 0 Å². The molecule has 0 saturated heterocycles. The van der Waals surface area contributed by atoms with Crippen molar-refractivity contribution >= 4 is 10.0 Å². The molecule has 0 aliphatic carbocycles. The summed E-state index contributed by atoms with van der Waals surface area (Å²) >= 11 is 0. The SMILES string of the molecule is CCC(O)CCNS(=O)(=O)CC#N. The molecule has 0 spiro atoms. The molecule has 0 saturated carbocycles. The van der Waals surface area contributed by atoms with Gasteiger partial charge in [-0.1, -0.05) is 6.92 Å². The Bertz CT molecular complexity index is 268. The Hall–Kier alpha value is -0.640. The van der Waals surface area contributed by atoms with Gasteiger partial charge in [-0.15, -0.1) is 0 Å². The molecule has 1 atom stereocenters. The van der Waals surface area contributed by atoms with Crippen LogP contribution in [0.3, 0.4) is 0 Å². The predicted octanol–water partition coefficient (Wildman–Crippen LogP) is -0.410. The molecule has 5 nitrogen and oxygen atoms in total. The summed E-state index contributed by atoms with van der Waals surface area (Å²) in [5.41, 5.74) is 0. The number of nitrogens with zero attached hydrogens (tertiary/aromatic N) is 1. The van der Waals surface area contributed by atoms with Gasteiger partial charge in [-0.05, 0) is 12.8 Å². The third-order valence-corrected chi connectivity index (χ3v) is 2.68. The largest absolute Gasteiger partial charge is 0.393 e. The van der Waals surface area contributed by atoms with Gasteiger partial charge in [0, 0.05) is 6.54 Å². The molecule has 0 amide bonds. The van der Waals surface area contributed by atoms with Gasteiger partial charge in [0.15, 0.2) is 5.75 Å². The number of aliphatic hydroxyl groups excluding tert-OH is 1. The molecule has 76 valence electrons. The van der Waals surface area contributed by atoms with Crippen LogP contribution in [0.15, 0.2) is 0 Å². The Balaban J connectivity index is 3.72. The zero-order valence-corrected chi connectivity index (χ0v) is 8.34. The van der Waals surface area contributed by atoms with Crippen LogP contribution in [0.5, 0.6) is 0 Å². The maximum atomic E-state index is 10.9. The van der Waals surface area contributed by atoms with Crippen molar-refractivity contribution in [3.05, 3.63) is 0 Å². The van der Waals surface area contributed by atoms with Gasteiger partial charge in [0.1, 0.15) is 0 Å². The van der Waals surface area contributed by atoms with Crippen LogP contribution in [0.2, 0.25) is 0 Å². The minimum Gasteiger partial charge on any atom is -0.393 e. The Kier molecular flexibility index (Phi) is 5.62. The van der Waals surface area contributed by atoms with Crippen LogP contribution in [-0.2, 0) is 10.0 Å². The highest BCUT2D eigenvalue weighted by Gasteiger charge is 2.09. The quantitative estimate of drug-likeness (QED) is 0.618. The first-order chi connectivity index (χ1) is 6.02. The van der Waals surface area contributed by atoms with Crippen molar-refractivity contribution < 1.29 is 13.5 Å². The Morgan fingerprint density at radius 1 is 1.62 bits per heavy atom. The summed E-state index contributed by atoms with van der Waals surface area (Å²) in [7, 11) is -3.46. The first-order valence-electron chi connectivity index (χ1n) is 4.04. The topological polar surface area (TPSA) is 90.2 Å². The average Bonchev–Trinajstić information content (AvgIpc) is 2.03. The van der Waals surface area contributed by atoms with E-state index in [2.05, 4.69) is 4.72 Å². The zero-order valence-electron chi connectivity index (χ0n) is 7.52. The van der Waals surface area contributed by atoms with E-state index >= 15 is 0 Å². The number of rotatable bonds is 6. The van der Waals surface area contributed by atoms with E-state index < -0.39 is 21.9 Å². The van der Waals surface area contributed by atoms with Crippen molar-refractivity contribution in [3.8, 4) is 6.07 Å². The van der Waals surface area contributed by atoms with Gasteiger partial charge in [0.25, 0.3) is 0 Å². The van der Waals surface area contributed by atoms with Crippen LogP contribution in [0.1, 0.15) is 19.8 Å². The van der Waals surface area contributed by atoms with Crippen LogP contribution in [0.25, 0.3) is 0 Å². The fraction of sp³-hybridized carbons (Fsp3) is 0.857. The Labute approximate surface area is 78.4 Å². The first kappa shape index (κ1) is 12.4. The van der Waals surface area contributed by atoms with E-state index in [4.69, 9.17) is 10.4 Å². The van der Waals surface area contributed by atoms with Crippen LogP contribution in [0, 0.1) is 11.3 Å². The van der Waals surface area contributed by atoms with Crippen LogP contribution in [0.4, 0.5) is 0 Å². The molecule has 0 radical (unpaired) electrons. The van der Waals surface area contributed by atoms with Gasteiger partial charge in [0.05, 0.1) is 12.2 Å². The van der Waals surface area contributed by atoms with Crippen molar-refractivity contribution in [3.63, 3.8) is 0 Å². The van der Waals surface area contributed by atoms with E-state index in [-0.39, 0.29) is 6.54 Å². The number of aliphatic hydroxyl groups is 1. The molecule has 0 fully saturated rings. The molecule has 0 aliphatic rings. The predicted molar refractivity (Wildman–Crippen MR) is 48.3 cm³/mol. The van der Waals surface area contributed by atoms with Crippen molar-refractivity contribution in [2.45, 2.75) is 25.9 Å². The molecule has 0 rings (SSSR count). The lowest BCUT2D eigenvalue weighted by molar-refractivity contribution is 0.162. The van der Waals surface area contributed by atoms with E-state index in [1.54, 1.807) is 6.07 Å².